The van der Waals surface area contributed by atoms with Crippen molar-refractivity contribution in [3.05, 3.63) is 59.7 Å². The third-order valence-electron chi connectivity index (χ3n) is 3.11. The number of hydrogen-bond acceptors (Lipinski definition) is 4. The molecule has 3 N–H and O–H groups in total. The maximum absolute atomic E-state index is 12.2. The van der Waals surface area contributed by atoms with Crippen LogP contribution in [0, 0.1) is 0 Å². The molecule has 7 heteroatoms. The number of amides is 3. The molecule has 0 saturated heterocycles. The van der Waals surface area contributed by atoms with E-state index in [4.69, 9.17) is 0 Å². The van der Waals surface area contributed by atoms with Gasteiger partial charge in [0.1, 0.15) is 7.11 Å². The zero-order chi connectivity index (χ0) is 17.4. The van der Waals surface area contributed by atoms with Crippen LogP contribution >= 0.6 is 0 Å². The summed E-state index contributed by atoms with van der Waals surface area (Å²) < 4.78 is 0. The van der Waals surface area contributed by atoms with Gasteiger partial charge in [0.2, 0.25) is 0 Å². The largest absolute Gasteiger partial charge is 0.399 e. The Hall–Kier alpha value is -3.35. The molecule has 0 atom stereocenters. The number of carbonyl (C=O) groups is 2. The van der Waals surface area contributed by atoms with Crippen LogP contribution in [0.1, 0.15) is 15.9 Å². The predicted molar refractivity (Wildman–Crippen MR) is 93.5 cm³/mol. The summed E-state index contributed by atoms with van der Waals surface area (Å²) in [5, 5.41) is 11.6. The van der Waals surface area contributed by atoms with E-state index in [0.717, 1.165) is 5.56 Å². The van der Waals surface area contributed by atoms with Crippen LogP contribution in [0.5, 0.6) is 0 Å². The standard InChI is InChI=1S/C17H18N4O3/c1-18-17(23)21-15-9-7-14(8-10-15)20-16(22)13-5-3-12(4-6-13)11-19-24-2/h3-11H,1-2H3,(H,20,22)(H2,18,21,23)/b19-11+. The van der Waals surface area contributed by atoms with E-state index in [-0.39, 0.29) is 11.9 Å². The molecule has 0 fully saturated rings. The predicted octanol–water partition coefficient (Wildman–Crippen LogP) is 2.67. The highest BCUT2D eigenvalue weighted by Gasteiger charge is 2.06. The molecule has 0 saturated carbocycles. The second kappa shape index (κ2) is 8.33. The molecule has 0 aliphatic heterocycles. The fourth-order valence-corrected chi connectivity index (χ4v) is 1.87. The summed E-state index contributed by atoms with van der Waals surface area (Å²) in [5.74, 6) is -0.225. The lowest BCUT2D eigenvalue weighted by molar-refractivity contribution is 0.102. The number of oxime groups is 1. The van der Waals surface area contributed by atoms with Gasteiger partial charge in [-0.25, -0.2) is 4.79 Å². The van der Waals surface area contributed by atoms with Gasteiger partial charge in [0, 0.05) is 24.0 Å². The van der Waals surface area contributed by atoms with E-state index in [1.807, 2.05) is 0 Å². The normalized spacial score (nSPS) is 10.2. The molecule has 0 aliphatic carbocycles. The summed E-state index contributed by atoms with van der Waals surface area (Å²) in [6.07, 6.45) is 1.56. The van der Waals surface area contributed by atoms with Crippen molar-refractivity contribution in [1.82, 2.24) is 5.32 Å². The number of carbonyl (C=O) groups excluding carboxylic acids is 2. The molecule has 2 aromatic carbocycles. The van der Waals surface area contributed by atoms with E-state index in [0.29, 0.717) is 16.9 Å². The molecule has 0 aliphatic rings. The molecular weight excluding hydrogens is 308 g/mol. The molecule has 0 heterocycles. The third-order valence-corrected chi connectivity index (χ3v) is 3.11. The highest BCUT2D eigenvalue weighted by molar-refractivity contribution is 6.04. The Morgan fingerprint density at radius 3 is 2.08 bits per heavy atom. The minimum absolute atomic E-state index is 0.225. The molecule has 3 amide bonds. The Labute approximate surface area is 139 Å². The third kappa shape index (κ3) is 4.84. The van der Waals surface area contributed by atoms with Gasteiger partial charge in [0.05, 0.1) is 6.21 Å². The van der Waals surface area contributed by atoms with Gasteiger partial charge in [-0.1, -0.05) is 17.3 Å². The number of hydrogen-bond donors (Lipinski definition) is 3. The van der Waals surface area contributed by atoms with E-state index in [1.165, 1.54) is 14.2 Å². The first-order valence-electron chi connectivity index (χ1n) is 7.19. The lowest BCUT2D eigenvalue weighted by Crippen LogP contribution is -2.24. The van der Waals surface area contributed by atoms with Crippen LogP contribution < -0.4 is 16.0 Å². The van der Waals surface area contributed by atoms with Crippen LogP contribution in [0.15, 0.2) is 53.7 Å². The zero-order valence-corrected chi connectivity index (χ0v) is 13.4. The Bertz CT molecular complexity index is 725. The number of anilines is 2. The van der Waals surface area contributed by atoms with E-state index in [9.17, 15) is 9.59 Å². The van der Waals surface area contributed by atoms with Crippen molar-refractivity contribution in [3.8, 4) is 0 Å². The fraction of sp³-hybridized carbons (Fsp3) is 0.118. The van der Waals surface area contributed by atoms with Crippen molar-refractivity contribution < 1.29 is 14.4 Å². The molecule has 0 aromatic heterocycles. The molecule has 0 unspecified atom stereocenters. The van der Waals surface area contributed by atoms with Crippen molar-refractivity contribution in [2.45, 2.75) is 0 Å². The number of nitrogens with one attached hydrogen (secondary N) is 3. The van der Waals surface area contributed by atoms with Gasteiger partial charge < -0.3 is 20.8 Å². The van der Waals surface area contributed by atoms with E-state index >= 15 is 0 Å². The van der Waals surface area contributed by atoms with Gasteiger partial charge in [-0.15, -0.1) is 0 Å². The quantitative estimate of drug-likeness (QED) is 0.582. The van der Waals surface area contributed by atoms with Gasteiger partial charge in [-0.3, -0.25) is 4.79 Å². The summed E-state index contributed by atoms with van der Waals surface area (Å²) >= 11 is 0. The number of nitrogens with zero attached hydrogens (tertiary/aromatic N) is 1. The molecule has 2 aromatic rings. The van der Waals surface area contributed by atoms with Crippen LogP contribution in [0.4, 0.5) is 16.2 Å². The highest BCUT2D eigenvalue weighted by Crippen LogP contribution is 2.15. The van der Waals surface area contributed by atoms with E-state index in [2.05, 4.69) is 25.9 Å². The lowest BCUT2D eigenvalue weighted by Gasteiger charge is -2.08. The Balaban J connectivity index is 1.98. The average molecular weight is 326 g/mol. The minimum Gasteiger partial charge on any atom is -0.399 e. The highest BCUT2D eigenvalue weighted by atomic mass is 16.6. The molecule has 0 radical (unpaired) electrons. The van der Waals surface area contributed by atoms with E-state index < -0.39 is 0 Å². The SMILES string of the molecule is CNC(=O)Nc1ccc(NC(=O)c2ccc(/C=N/OC)cc2)cc1. The first-order valence-corrected chi connectivity index (χ1v) is 7.19. The summed E-state index contributed by atoms with van der Waals surface area (Å²) in [5.41, 5.74) is 2.62. The van der Waals surface area contributed by atoms with Crippen LogP contribution in [0.25, 0.3) is 0 Å². The Morgan fingerprint density at radius 2 is 1.54 bits per heavy atom. The van der Waals surface area contributed by atoms with E-state index in [1.54, 1.807) is 54.7 Å². The molecular formula is C17H18N4O3. The molecule has 0 spiro atoms. The first-order chi connectivity index (χ1) is 11.6. The van der Waals surface area contributed by atoms with Crippen LogP contribution in [-0.4, -0.2) is 32.3 Å². The topological polar surface area (TPSA) is 91.8 Å². The molecule has 0 bridgehead atoms. The maximum atomic E-state index is 12.2. The second-order valence-corrected chi connectivity index (χ2v) is 4.77. The fourth-order valence-electron chi connectivity index (χ4n) is 1.87. The smallest absolute Gasteiger partial charge is 0.318 e. The maximum Gasteiger partial charge on any atom is 0.318 e. The monoisotopic (exact) mass is 326 g/mol. The van der Waals surface area contributed by atoms with Crippen molar-refractivity contribution >= 4 is 29.5 Å². The summed E-state index contributed by atoms with van der Waals surface area (Å²) in [4.78, 5) is 28.0. The Kier molecular flexibility index (Phi) is 5.90. The molecule has 124 valence electrons. The van der Waals surface area contributed by atoms with Crippen molar-refractivity contribution in [2.24, 2.45) is 5.16 Å². The summed E-state index contributed by atoms with van der Waals surface area (Å²) in [6.45, 7) is 0. The average Bonchev–Trinajstić information content (AvgIpc) is 2.61. The van der Waals surface area contributed by atoms with Crippen LogP contribution in [0.2, 0.25) is 0 Å². The summed E-state index contributed by atoms with van der Waals surface area (Å²) in [6, 6.07) is 13.5. The second-order valence-electron chi connectivity index (χ2n) is 4.77. The van der Waals surface area contributed by atoms with Gasteiger partial charge >= 0.3 is 6.03 Å². The lowest BCUT2D eigenvalue weighted by atomic mass is 10.1. The van der Waals surface area contributed by atoms with Crippen molar-refractivity contribution in [3.63, 3.8) is 0 Å². The van der Waals surface area contributed by atoms with Gasteiger partial charge in [-0.2, -0.15) is 0 Å². The number of rotatable bonds is 5. The first kappa shape index (κ1) is 17.0. The Morgan fingerprint density at radius 1 is 0.958 bits per heavy atom. The molecule has 7 nitrogen and oxygen atoms in total. The molecule has 24 heavy (non-hydrogen) atoms. The van der Waals surface area contributed by atoms with Gasteiger partial charge in [0.25, 0.3) is 5.91 Å². The van der Waals surface area contributed by atoms with Crippen molar-refractivity contribution in [2.75, 3.05) is 24.8 Å². The van der Waals surface area contributed by atoms with Crippen molar-refractivity contribution in [1.29, 1.82) is 0 Å². The van der Waals surface area contributed by atoms with Gasteiger partial charge in [0.15, 0.2) is 0 Å². The van der Waals surface area contributed by atoms with Crippen LogP contribution in [-0.2, 0) is 4.84 Å². The zero-order valence-electron chi connectivity index (χ0n) is 13.4. The van der Waals surface area contributed by atoms with Crippen LogP contribution in [0.3, 0.4) is 0 Å². The molecule has 2 rings (SSSR count). The number of benzene rings is 2. The number of urea groups is 1. The minimum atomic E-state index is -0.302. The van der Waals surface area contributed by atoms with Gasteiger partial charge in [-0.05, 0) is 42.0 Å². The summed E-state index contributed by atoms with van der Waals surface area (Å²) in [7, 11) is 3.00.